The van der Waals surface area contributed by atoms with E-state index in [1.807, 2.05) is 18.2 Å². The number of hydrogen-bond donors (Lipinski definition) is 2. The number of fused-ring (bicyclic) bond motifs is 1. The van der Waals surface area contributed by atoms with E-state index in [4.69, 9.17) is 10.5 Å². The van der Waals surface area contributed by atoms with Crippen molar-refractivity contribution < 1.29 is 9.53 Å². The maximum Gasteiger partial charge on any atom is 0.242 e. The maximum absolute atomic E-state index is 12.0. The highest BCUT2D eigenvalue weighted by molar-refractivity contribution is 5.87. The monoisotopic (exact) mass is 262 g/mol. The molecule has 0 heterocycles. The summed E-state index contributed by atoms with van der Waals surface area (Å²) in [6.07, 6.45) is 1.59. The number of primary amides is 1. The van der Waals surface area contributed by atoms with E-state index in [1.54, 1.807) is 7.11 Å². The van der Waals surface area contributed by atoms with E-state index >= 15 is 0 Å². The molecule has 0 spiro atoms. The largest absolute Gasteiger partial charge is 0.497 e. The van der Waals surface area contributed by atoms with Crippen LogP contribution in [0.4, 0.5) is 0 Å². The molecule has 3 N–H and O–H groups in total. The number of methoxy groups -OCH3 is 1. The van der Waals surface area contributed by atoms with Crippen molar-refractivity contribution in [2.45, 2.75) is 32.2 Å². The fourth-order valence-electron chi connectivity index (χ4n) is 2.66. The number of amides is 1. The second-order valence-electron chi connectivity index (χ2n) is 5.57. The molecule has 0 bridgehead atoms. The van der Waals surface area contributed by atoms with E-state index in [1.165, 1.54) is 5.56 Å². The highest BCUT2D eigenvalue weighted by atomic mass is 16.5. The topological polar surface area (TPSA) is 64.3 Å². The smallest absolute Gasteiger partial charge is 0.242 e. The summed E-state index contributed by atoms with van der Waals surface area (Å²) in [5, 5.41) is 3.37. The number of carbonyl (C=O) groups excluding carboxylic acids is 1. The van der Waals surface area contributed by atoms with Gasteiger partial charge in [0.25, 0.3) is 0 Å². The SMILES string of the molecule is COc1ccc2c(c1)C(NCC(C)C)(C(N)=O)CC2. The summed E-state index contributed by atoms with van der Waals surface area (Å²) >= 11 is 0. The summed E-state index contributed by atoms with van der Waals surface area (Å²) in [5.41, 5.74) is 7.09. The molecule has 1 aliphatic rings. The van der Waals surface area contributed by atoms with Crippen LogP contribution in [-0.4, -0.2) is 19.6 Å². The van der Waals surface area contributed by atoms with Crippen molar-refractivity contribution in [3.63, 3.8) is 0 Å². The van der Waals surface area contributed by atoms with Crippen LogP contribution in [0.15, 0.2) is 18.2 Å². The first-order valence-electron chi connectivity index (χ1n) is 6.72. The van der Waals surface area contributed by atoms with Gasteiger partial charge < -0.3 is 10.5 Å². The molecule has 0 aliphatic heterocycles. The van der Waals surface area contributed by atoms with E-state index in [2.05, 4.69) is 19.2 Å². The van der Waals surface area contributed by atoms with Crippen molar-refractivity contribution in [1.29, 1.82) is 0 Å². The summed E-state index contributed by atoms with van der Waals surface area (Å²) in [7, 11) is 1.63. The average molecular weight is 262 g/mol. The minimum atomic E-state index is -0.742. The Bertz CT molecular complexity index is 485. The molecule has 1 aromatic carbocycles. The lowest BCUT2D eigenvalue weighted by Gasteiger charge is -2.29. The van der Waals surface area contributed by atoms with Gasteiger partial charge in [-0.3, -0.25) is 10.1 Å². The van der Waals surface area contributed by atoms with Crippen LogP contribution in [0.1, 0.15) is 31.4 Å². The third kappa shape index (κ3) is 2.45. The number of nitrogens with two attached hydrogens (primary N) is 1. The van der Waals surface area contributed by atoms with Gasteiger partial charge in [0.1, 0.15) is 11.3 Å². The first kappa shape index (κ1) is 13.9. The minimum Gasteiger partial charge on any atom is -0.497 e. The molecular formula is C15H22N2O2. The Morgan fingerprint density at radius 3 is 2.84 bits per heavy atom. The zero-order chi connectivity index (χ0) is 14.0. The van der Waals surface area contributed by atoms with Gasteiger partial charge in [0, 0.05) is 0 Å². The molecule has 1 amide bonds. The highest BCUT2D eigenvalue weighted by Gasteiger charge is 2.43. The van der Waals surface area contributed by atoms with Crippen molar-refractivity contribution in [3.05, 3.63) is 29.3 Å². The van der Waals surface area contributed by atoms with E-state index in [0.717, 1.165) is 30.7 Å². The lowest BCUT2D eigenvalue weighted by molar-refractivity contribution is -0.124. The molecule has 0 aromatic heterocycles. The molecule has 1 unspecified atom stereocenters. The zero-order valence-electron chi connectivity index (χ0n) is 11.8. The maximum atomic E-state index is 12.0. The van der Waals surface area contributed by atoms with Gasteiger partial charge in [0.2, 0.25) is 5.91 Å². The van der Waals surface area contributed by atoms with Crippen LogP contribution in [0.3, 0.4) is 0 Å². The number of ether oxygens (including phenoxy) is 1. The summed E-state index contributed by atoms with van der Waals surface area (Å²) in [4.78, 5) is 12.0. The van der Waals surface area contributed by atoms with E-state index in [9.17, 15) is 4.79 Å². The first-order chi connectivity index (χ1) is 8.99. The van der Waals surface area contributed by atoms with Crippen LogP contribution in [0.5, 0.6) is 5.75 Å². The Morgan fingerprint density at radius 1 is 1.53 bits per heavy atom. The molecule has 19 heavy (non-hydrogen) atoms. The molecule has 1 aromatic rings. The van der Waals surface area contributed by atoms with E-state index in [0.29, 0.717) is 5.92 Å². The summed E-state index contributed by atoms with van der Waals surface area (Å²) in [5.74, 6) is 0.920. The number of carbonyl (C=O) groups is 1. The second-order valence-corrected chi connectivity index (χ2v) is 5.57. The lowest BCUT2D eigenvalue weighted by atomic mass is 9.90. The number of aryl methyl sites for hydroxylation is 1. The van der Waals surface area contributed by atoms with Crippen molar-refractivity contribution in [2.24, 2.45) is 11.7 Å². The van der Waals surface area contributed by atoms with E-state index < -0.39 is 5.54 Å². The second kappa shape index (κ2) is 5.21. The molecule has 4 nitrogen and oxygen atoms in total. The molecule has 0 saturated carbocycles. The van der Waals surface area contributed by atoms with Gasteiger partial charge in [0.05, 0.1) is 7.11 Å². The van der Waals surface area contributed by atoms with Crippen LogP contribution in [0.2, 0.25) is 0 Å². The molecule has 0 fully saturated rings. The quantitative estimate of drug-likeness (QED) is 0.846. The molecule has 2 rings (SSSR count). The lowest BCUT2D eigenvalue weighted by Crippen LogP contribution is -2.52. The molecular weight excluding hydrogens is 240 g/mol. The standard InChI is InChI=1S/C15H22N2O2/c1-10(2)9-17-15(14(16)18)7-6-11-4-5-12(19-3)8-13(11)15/h4-5,8,10,17H,6-7,9H2,1-3H3,(H2,16,18). The van der Waals surface area contributed by atoms with Gasteiger partial charge >= 0.3 is 0 Å². The fourth-order valence-corrected chi connectivity index (χ4v) is 2.66. The molecule has 4 heteroatoms. The van der Waals surface area contributed by atoms with Crippen LogP contribution >= 0.6 is 0 Å². The van der Waals surface area contributed by atoms with Crippen LogP contribution in [0.25, 0.3) is 0 Å². The van der Waals surface area contributed by atoms with Gasteiger partial charge in [-0.15, -0.1) is 0 Å². The first-order valence-corrected chi connectivity index (χ1v) is 6.72. The molecule has 1 aliphatic carbocycles. The van der Waals surface area contributed by atoms with Crippen molar-refractivity contribution in [2.75, 3.05) is 13.7 Å². The Hall–Kier alpha value is -1.55. The van der Waals surface area contributed by atoms with Gasteiger partial charge in [-0.1, -0.05) is 19.9 Å². The Morgan fingerprint density at radius 2 is 2.26 bits per heavy atom. The van der Waals surface area contributed by atoms with Crippen molar-refractivity contribution in [1.82, 2.24) is 5.32 Å². The van der Waals surface area contributed by atoms with Crippen molar-refractivity contribution >= 4 is 5.91 Å². The van der Waals surface area contributed by atoms with Crippen LogP contribution in [0, 0.1) is 5.92 Å². The zero-order valence-corrected chi connectivity index (χ0v) is 11.8. The predicted octanol–water partition coefficient (Wildman–Crippen LogP) is 1.57. The van der Waals surface area contributed by atoms with Crippen molar-refractivity contribution in [3.8, 4) is 5.75 Å². The number of nitrogens with one attached hydrogen (secondary N) is 1. The Kier molecular flexibility index (Phi) is 3.80. The number of hydrogen-bond acceptors (Lipinski definition) is 3. The number of rotatable bonds is 5. The molecule has 104 valence electrons. The summed E-state index contributed by atoms with van der Waals surface area (Å²) in [6.45, 7) is 4.99. The third-order valence-electron chi connectivity index (χ3n) is 3.78. The minimum absolute atomic E-state index is 0.305. The third-order valence-corrected chi connectivity index (χ3v) is 3.78. The van der Waals surface area contributed by atoms with Gasteiger partial charge in [-0.05, 0) is 48.6 Å². The fraction of sp³-hybridized carbons (Fsp3) is 0.533. The average Bonchev–Trinajstić information content (AvgIpc) is 2.75. The van der Waals surface area contributed by atoms with Crippen LogP contribution < -0.4 is 15.8 Å². The Labute approximate surface area is 114 Å². The summed E-state index contributed by atoms with van der Waals surface area (Å²) < 4.78 is 5.26. The molecule has 0 radical (unpaired) electrons. The predicted molar refractivity (Wildman–Crippen MR) is 75.0 cm³/mol. The van der Waals surface area contributed by atoms with Crippen LogP contribution in [-0.2, 0) is 16.8 Å². The van der Waals surface area contributed by atoms with Gasteiger partial charge in [-0.2, -0.15) is 0 Å². The normalized spacial score (nSPS) is 21.5. The van der Waals surface area contributed by atoms with Gasteiger partial charge in [0.15, 0.2) is 0 Å². The molecule has 1 atom stereocenters. The van der Waals surface area contributed by atoms with E-state index in [-0.39, 0.29) is 5.91 Å². The highest BCUT2D eigenvalue weighted by Crippen LogP contribution is 2.38. The number of benzene rings is 1. The summed E-state index contributed by atoms with van der Waals surface area (Å²) in [6, 6.07) is 5.88. The molecule has 0 saturated heterocycles. The van der Waals surface area contributed by atoms with Gasteiger partial charge in [-0.25, -0.2) is 0 Å². The Balaban J connectivity index is 2.40.